The van der Waals surface area contributed by atoms with Gasteiger partial charge in [-0.1, -0.05) is 6.07 Å². The first-order valence-corrected chi connectivity index (χ1v) is 4.66. The Hall–Kier alpha value is -1.99. The Morgan fingerprint density at radius 3 is 2.56 bits per heavy atom. The van der Waals surface area contributed by atoms with Crippen molar-refractivity contribution >= 4 is 11.7 Å². The number of carbonyl (C=O) groups is 1. The number of aromatic carboxylic acids is 1. The number of hydrogen-bond donors (Lipinski definition) is 2. The van der Waals surface area contributed by atoms with Crippen LogP contribution in [0.5, 0.6) is 5.75 Å². The topological polar surface area (TPSA) is 72.5 Å². The van der Waals surface area contributed by atoms with Crippen molar-refractivity contribution in [3.8, 4) is 5.75 Å². The molecular weight excluding hydrogens is 258 g/mol. The van der Waals surface area contributed by atoms with E-state index >= 15 is 0 Å². The van der Waals surface area contributed by atoms with Crippen LogP contribution in [0.3, 0.4) is 0 Å². The van der Waals surface area contributed by atoms with Gasteiger partial charge in [0.2, 0.25) is 0 Å². The van der Waals surface area contributed by atoms with Crippen molar-refractivity contribution in [2.75, 3.05) is 12.3 Å². The zero-order valence-corrected chi connectivity index (χ0v) is 8.87. The lowest BCUT2D eigenvalue weighted by Crippen LogP contribution is -2.33. The van der Waals surface area contributed by atoms with Gasteiger partial charge in [0.25, 0.3) is 0 Å². The van der Waals surface area contributed by atoms with E-state index < -0.39 is 30.6 Å². The van der Waals surface area contributed by atoms with E-state index in [4.69, 9.17) is 10.8 Å². The van der Waals surface area contributed by atoms with Crippen molar-refractivity contribution in [2.45, 2.75) is 12.3 Å². The molecule has 0 aliphatic heterocycles. The Balaban J connectivity index is 2.87. The molecule has 4 nitrogen and oxygen atoms in total. The molecule has 0 unspecified atom stereocenters. The summed E-state index contributed by atoms with van der Waals surface area (Å²) in [5, 5.41) is 8.70. The van der Waals surface area contributed by atoms with Gasteiger partial charge in [-0.15, -0.1) is 0 Å². The van der Waals surface area contributed by atoms with E-state index in [1.54, 1.807) is 0 Å². The third kappa shape index (κ3) is 3.02. The van der Waals surface area contributed by atoms with Crippen LogP contribution in [0, 0.1) is 0 Å². The van der Waals surface area contributed by atoms with Crippen LogP contribution in [0.15, 0.2) is 18.2 Å². The molecule has 8 heteroatoms. The zero-order chi connectivity index (χ0) is 13.9. The number of rotatable bonds is 5. The quantitative estimate of drug-likeness (QED) is 0.634. The molecule has 0 spiro atoms. The smallest absolute Gasteiger partial charge is 0.340 e. The van der Waals surface area contributed by atoms with Crippen LogP contribution >= 0.6 is 0 Å². The predicted molar refractivity (Wildman–Crippen MR) is 54.3 cm³/mol. The SMILES string of the molecule is Nc1c(OCC(F)(F)C(F)F)cccc1C(=O)O. The summed E-state index contributed by atoms with van der Waals surface area (Å²) in [7, 11) is 0. The number of alkyl halides is 4. The lowest BCUT2D eigenvalue weighted by atomic mass is 10.1. The number of hydrogen-bond acceptors (Lipinski definition) is 3. The summed E-state index contributed by atoms with van der Waals surface area (Å²) in [6.45, 7) is -1.59. The Morgan fingerprint density at radius 2 is 2.06 bits per heavy atom. The number of carboxylic acids is 1. The van der Waals surface area contributed by atoms with Crippen LogP contribution in [-0.2, 0) is 0 Å². The molecule has 100 valence electrons. The molecule has 18 heavy (non-hydrogen) atoms. The number of halogens is 4. The average Bonchev–Trinajstić information content (AvgIpc) is 2.27. The van der Waals surface area contributed by atoms with E-state index in [9.17, 15) is 22.4 Å². The van der Waals surface area contributed by atoms with Crippen molar-refractivity contribution in [1.82, 2.24) is 0 Å². The van der Waals surface area contributed by atoms with Gasteiger partial charge in [-0.05, 0) is 12.1 Å². The highest BCUT2D eigenvalue weighted by molar-refractivity contribution is 5.95. The molecule has 0 bridgehead atoms. The Labute approximate surface area is 99.0 Å². The molecule has 0 radical (unpaired) electrons. The highest BCUT2D eigenvalue weighted by atomic mass is 19.3. The second kappa shape index (κ2) is 5.11. The summed E-state index contributed by atoms with van der Waals surface area (Å²) in [5.41, 5.74) is 4.60. The molecule has 0 fully saturated rings. The van der Waals surface area contributed by atoms with Crippen molar-refractivity contribution in [1.29, 1.82) is 0 Å². The van der Waals surface area contributed by atoms with Crippen LogP contribution in [0.4, 0.5) is 23.2 Å². The normalized spacial score (nSPS) is 11.6. The number of anilines is 1. The number of nitrogen functional groups attached to an aromatic ring is 1. The van der Waals surface area contributed by atoms with E-state index in [1.165, 1.54) is 6.07 Å². The fourth-order valence-corrected chi connectivity index (χ4v) is 1.09. The highest BCUT2D eigenvalue weighted by Gasteiger charge is 2.41. The van der Waals surface area contributed by atoms with Crippen molar-refractivity contribution < 1.29 is 32.2 Å². The molecule has 0 aliphatic carbocycles. The van der Waals surface area contributed by atoms with Gasteiger partial charge in [0.15, 0.2) is 6.61 Å². The van der Waals surface area contributed by atoms with E-state index in [1.807, 2.05) is 0 Å². The largest absolute Gasteiger partial charge is 0.485 e. The van der Waals surface area contributed by atoms with E-state index in [2.05, 4.69) is 4.74 Å². The zero-order valence-electron chi connectivity index (χ0n) is 8.87. The fourth-order valence-electron chi connectivity index (χ4n) is 1.09. The Morgan fingerprint density at radius 1 is 1.44 bits per heavy atom. The first-order chi connectivity index (χ1) is 8.25. The molecule has 0 aliphatic rings. The van der Waals surface area contributed by atoms with Gasteiger partial charge in [-0.25, -0.2) is 13.6 Å². The van der Waals surface area contributed by atoms with Gasteiger partial charge in [-0.3, -0.25) is 0 Å². The van der Waals surface area contributed by atoms with Gasteiger partial charge in [0.1, 0.15) is 5.75 Å². The summed E-state index contributed by atoms with van der Waals surface area (Å²) < 4.78 is 53.4. The van der Waals surface area contributed by atoms with Crippen molar-refractivity contribution in [3.05, 3.63) is 23.8 Å². The van der Waals surface area contributed by atoms with Crippen molar-refractivity contribution in [3.63, 3.8) is 0 Å². The molecule has 0 saturated heterocycles. The summed E-state index contributed by atoms with van der Waals surface area (Å²) in [6.07, 6.45) is -3.87. The monoisotopic (exact) mass is 267 g/mol. The van der Waals surface area contributed by atoms with Crippen molar-refractivity contribution in [2.24, 2.45) is 0 Å². The van der Waals surface area contributed by atoms with Crippen LogP contribution in [0.25, 0.3) is 0 Å². The molecule has 0 amide bonds. The number of benzene rings is 1. The number of para-hydroxylation sites is 1. The third-order valence-corrected chi connectivity index (χ3v) is 2.04. The second-order valence-electron chi connectivity index (χ2n) is 3.37. The Kier molecular flexibility index (Phi) is 4.00. The lowest BCUT2D eigenvalue weighted by Gasteiger charge is -2.17. The minimum atomic E-state index is -4.33. The maximum Gasteiger partial charge on any atom is 0.340 e. The van der Waals surface area contributed by atoms with Gasteiger partial charge in [0, 0.05) is 0 Å². The van der Waals surface area contributed by atoms with Gasteiger partial charge < -0.3 is 15.6 Å². The molecule has 1 aromatic carbocycles. The minimum Gasteiger partial charge on any atom is -0.485 e. The van der Waals surface area contributed by atoms with Crippen LogP contribution < -0.4 is 10.5 Å². The summed E-state index contributed by atoms with van der Waals surface area (Å²) in [6, 6.07) is 3.45. The number of carboxylic acid groups (broad SMARTS) is 1. The average molecular weight is 267 g/mol. The molecular formula is C10H9F4NO3. The second-order valence-corrected chi connectivity index (χ2v) is 3.37. The minimum absolute atomic E-state index is 0.354. The summed E-state index contributed by atoms with van der Waals surface area (Å²) >= 11 is 0. The van der Waals surface area contributed by atoms with Gasteiger partial charge >= 0.3 is 18.3 Å². The lowest BCUT2D eigenvalue weighted by molar-refractivity contribution is -0.148. The molecule has 0 saturated carbocycles. The Bertz CT molecular complexity index is 451. The van der Waals surface area contributed by atoms with Gasteiger partial charge in [-0.2, -0.15) is 8.78 Å². The molecule has 0 atom stereocenters. The number of ether oxygens (including phenoxy) is 1. The third-order valence-electron chi connectivity index (χ3n) is 2.04. The van der Waals surface area contributed by atoms with Crippen LogP contribution in [0.2, 0.25) is 0 Å². The summed E-state index contributed by atoms with van der Waals surface area (Å²) in [4.78, 5) is 10.7. The van der Waals surface area contributed by atoms with E-state index in [0.29, 0.717) is 0 Å². The van der Waals surface area contributed by atoms with Crippen LogP contribution in [0.1, 0.15) is 10.4 Å². The predicted octanol–water partition coefficient (Wildman–Crippen LogP) is 2.25. The maximum atomic E-state index is 12.6. The molecule has 1 aromatic rings. The molecule has 0 heterocycles. The standard InChI is InChI=1S/C10H9F4NO3/c11-9(12)10(13,14)4-18-6-3-1-2-5(7(6)15)8(16)17/h1-3,9H,4,15H2,(H,16,17). The number of nitrogens with two attached hydrogens (primary N) is 1. The highest BCUT2D eigenvalue weighted by Crippen LogP contribution is 2.29. The van der Waals surface area contributed by atoms with E-state index in [0.717, 1.165) is 12.1 Å². The summed E-state index contributed by atoms with van der Waals surface area (Å²) in [5.74, 6) is -6.08. The van der Waals surface area contributed by atoms with Crippen LogP contribution in [-0.4, -0.2) is 30.0 Å². The first-order valence-electron chi connectivity index (χ1n) is 4.66. The maximum absolute atomic E-state index is 12.6. The first kappa shape index (κ1) is 14.1. The molecule has 0 aromatic heterocycles. The fraction of sp³-hybridized carbons (Fsp3) is 0.300. The molecule has 3 N–H and O–H groups in total. The van der Waals surface area contributed by atoms with Gasteiger partial charge in [0.05, 0.1) is 11.3 Å². The molecule has 1 rings (SSSR count). The van der Waals surface area contributed by atoms with E-state index in [-0.39, 0.29) is 11.3 Å².